The first-order chi connectivity index (χ1) is 7.81. The molecule has 5 nitrogen and oxygen atoms in total. The van der Waals surface area contributed by atoms with Crippen molar-refractivity contribution in [3.8, 4) is 11.5 Å². The van der Waals surface area contributed by atoms with E-state index in [4.69, 9.17) is 0 Å². The summed E-state index contributed by atoms with van der Waals surface area (Å²) in [6.45, 7) is 8.03. The lowest BCUT2D eigenvalue weighted by Crippen LogP contribution is -1.95. The highest BCUT2D eigenvalue weighted by Crippen LogP contribution is 2.17. The van der Waals surface area contributed by atoms with Crippen LogP contribution in [0.2, 0.25) is 0 Å². The summed E-state index contributed by atoms with van der Waals surface area (Å²) in [6.07, 6.45) is 0.914. The van der Waals surface area contributed by atoms with E-state index in [1.165, 1.54) is 0 Å². The van der Waals surface area contributed by atoms with E-state index in [0.717, 1.165) is 23.4 Å². The third-order valence-corrected chi connectivity index (χ3v) is 2.06. The maximum absolute atomic E-state index is 4.40. The van der Waals surface area contributed by atoms with E-state index in [9.17, 15) is 0 Å². The summed E-state index contributed by atoms with van der Waals surface area (Å²) in [7, 11) is 0. The number of H-pyrrole nitrogens is 1. The van der Waals surface area contributed by atoms with E-state index < -0.39 is 0 Å². The molecule has 2 aromatic heterocycles. The van der Waals surface area contributed by atoms with Gasteiger partial charge in [0.15, 0.2) is 0 Å². The van der Waals surface area contributed by atoms with Crippen LogP contribution in [-0.2, 0) is 6.42 Å². The number of hydrogen-bond acceptors (Lipinski definition) is 4. The first-order valence-electron chi connectivity index (χ1n) is 5.51. The predicted octanol–water partition coefficient (Wildman–Crippen LogP) is 2.40. The van der Waals surface area contributed by atoms with Crippen LogP contribution in [0.4, 0.5) is 0 Å². The van der Waals surface area contributed by atoms with Crippen LogP contribution in [0.25, 0.3) is 11.5 Å². The molecule has 16 heavy (non-hydrogen) atoms. The summed E-state index contributed by atoms with van der Waals surface area (Å²) in [5.74, 6) is 0.561. The normalized spacial score (nSPS) is 9.50. The van der Waals surface area contributed by atoms with Crippen molar-refractivity contribution in [2.24, 2.45) is 0 Å². The molecule has 0 atom stereocenters. The summed E-state index contributed by atoms with van der Waals surface area (Å²) in [6, 6.07) is 4.04. The topological polar surface area (TPSA) is 67.3 Å². The molecule has 0 saturated heterocycles. The summed E-state index contributed by atoms with van der Waals surface area (Å²) in [4.78, 5) is 4.40. The Morgan fingerprint density at radius 3 is 2.62 bits per heavy atom. The van der Waals surface area contributed by atoms with Crippen molar-refractivity contribution >= 4 is 0 Å². The van der Waals surface area contributed by atoms with Gasteiger partial charge >= 0.3 is 0 Å². The molecule has 1 N–H and O–H groups in total. The Labute approximate surface area is 96.8 Å². The molecule has 0 bridgehead atoms. The van der Waals surface area contributed by atoms with Gasteiger partial charge in [-0.25, -0.2) is 4.98 Å². The Morgan fingerprint density at radius 1 is 1.31 bits per heavy atom. The van der Waals surface area contributed by atoms with Gasteiger partial charge in [-0.1, -0.05) is 26.8 Å². The molecule has 0 unspecified atom stereocenters. The molecule has 5 heteroatoms. The summed E-state index contributed by atoms with van der Waals surface area (Å²) in [5, 5.41) is 13.8. The maximum atomic E-state index is 4.40. The highest BCUT2D eigenvalue weighted by atomic mass is 15.5. The molecule has 2 heterocycles. The average molecular weight is 221 g/mol. The highest BCUT2D eigenvalue weighted by molar-refractivity contribution is 5.53. The molecule has 0 spiro atoms. The van der Waals surface area contributed by atoms with Gasteiger partial charge in [-0.05, 0) is 30.2 Å². The summed E-state index contributed by atoms with van der Waals surface area (Å²) < 4.78 is 0. The molecule has 0 amide bonds. The van der Waals surface area contributed by atoms with Crippen molar-refractivity contribution in [3.63, 3.8) is 0 Å². The molecule has 0 saturated carbocycles. The van der Waals surface area contributed by atoms with Crippen LogP contribution >= 0.6 is 0 Å². The maximum Gasteiger partial charge on any atom is 0.223 e. The molecule has 0 aliphatic heterocycles. The fourth-order valence-corrected chi connectivity index (χ4v) is 1.33. The SMILES string of the molecule is CC.CCc1ccc(C)nc1-c1nn[nH]n1.[HH]. The number of nitrogens with one attached hydrogen (secondary N) is 1. The fraction of sp³-hybridized carbons (Fsp3) is 0.455. The number of aromatic amines is 1. The summed E-state index contributed by atoms with van der Waals surface area (Å²) in [5.41, 5.74) is 2.92. The molecule has 0 aliphatic carbocycles. The molecule has 2 rings (SSSR count). The van der Waals surface area contributed by atoms with Crippen molar-refractivity contribution < 1.29 is 1.43 Å². The largest absolute Gasteiger partial charge is 0.249 e. The van der Waals surface area contributed by atoms with E-state index in [1.54, 1.807) is 0 Å². The van der Waals surface area contributed by atoms with Crippen molar-refractivity contribution in [2.45, 2.75) is 34.1 Å². The van der Waals surface area contributed by atoms with E-state index in [-0.39, 0.29) is 1.43 Å². The van der Waals surface area contributed by atoms with E-state index in [1.807, 2.05) is 32.9 Å². The Balaban J connectivity index is 0.000000811. The van der Waals surface area contributed by atoms with Gasteiger partial charge in [0, 0.05) is 7.12 Å². The molecular weight excluding hydrogens is 202 g/mol. The lowest BCUT2D eigenvalue weighted by Gasteiger charge is -2.03. The number of aromatic nitrogens is 5. The van der Waals surface area contributed by atoms with Crippen LogP contribution in [-0.4, -0.2) is 25.6 Å². The monoisotopic (exact) mass is 221 g/mol. The fourth-order valence-electron chi connectivity index (χ4n) is 1.33. The molecular formula is C11H19N5. The molecule has 0 radical (unpaired) electrons. The number of rotatable bonds is 2. The minimum Gasteiger partial charge on any atom is -0.249 e. The second-order valence-corrected chi connectivity index (χ2v) is 3.05. The van der Waals surface area contributed by atoms with Crippen LogP contribution in [0.3, 0.4) is 0 Å². The van der Waals surface area contributed by atoms with Crippen molar-refractivity contribution in [3.05, 3.63) is 23.4 Å². The third kappa shape index (κ3) is 2.62. The molecule has 0 aromatic carbocycles. The zero-order valence-corrected chi connectivity index (χ0v) is 10.2. The zero-order chi connectivity index (χ0) is 12.0. The number of nitrogens with zero attached hydrogens (tertiary/aromatic N) is 4. The van der Waals surface area contributed by atoms with Gasteiger partial charge in [0.1, 0.15) is 5.69 Å². The molecule has 2 aromatic rings. The van der Waals surface area contributed by atoms with Crippen LogP contribution in [0.5, 0.6) is 0 Å². The highest BCUT2D eigenvalue weighted by Gasteiger charge is 2.09. The lowest BCUT2D eigenvalue weighted by atomic mass is 10.1. The van der Waals surface area contributed by atoms with Crippen LogP contribution in [0.1, 0.15) is 33.5 Å². The predicted molar refractivity (Wildman–Crippen MR) is 65.0 cm³/mol. The standard InChI is InChI=1S/C9H11N5.C2H6.H2/c1-3-7-5-4-6(2)10-8(7)9-11-13-14-12-9;1-2;/h4-5H,3H2,1-2H3,(H,11,12,13,14);1-2H3;1H. The van der Waals surface area contributed by atoms with E-state index >= 15 is 0 Å². The van der Waals surface area contributed by atoms with Crippen LogP contribution in [0.15, 0.2) is 12.1 Å². The van der Waals surface area contributed by atoms with Crippen LogP contribution in [0, 0.1) is 6.92 Å². The first-order valence-corrected chi connectivity index (χ1v) is 5.51. The number of hydrogen-bond donors (Lipinski definition) is 1. The number of pyridine rings is 1. The first kappa shape index (κ1) is 12.3. The molecule has 0 fully saturated rings. The minimum absolute atomic E-state index is 0. The van der Waals surface area contributed by atoms with Gasteiger partial charge in [-0.3, -0.25) is 0 Å². The van der Waals surface area contributed by atoms with E-state index in [0.29, 0.717) is 5.82 Å². The van der Waals surface area contributed by atoms with Gasteiger partial charge in [0.05, 0.1) is 0 Å². The minimum atomic E-state index is 0. The molecule has 88 valence electrons. The number of aryl methyl sites for hydroxylation is 2. The quantitative estimate of drug-likeness (QED) is 0.845. The average Bonchev–Trinajstić information content (AvgIpc) is 2.85. The zero-order valence-electron chi connectivity index (χ0n) is 10.2. The number of tetrazole rings is 1. The Hall–Kier alpha value is -1.78. The van der Waals surface area contributed by atoms with Gasteiger partial charge in [0.25, 0.3) is 0 Å². The second kappa shape index (κ2) is 5.95. The Kier molecular flexibility index (Phi) is 4.57. The van der Waals surface area contributed by atoms with Crippen molar-refractivity contribution in [1.29, 1.82) is 0 Å². The van der Waals surface area contributed by atoms with Gasteiger partial charge in [-0.15, -0.1) is 10.2 Å². The Bertz CT molecular complexity index is 427. The van der Waals surface area contributed by atoms with Gasteiger partial charge in [0.2, 0.25) is 5.82 Å². The molecule has 0 aliphatic rings. The van der Waals surface area contributed by atoms with Gasteiger partial charge < -0.3 is 0 Å². The second-order valence-electron chi connectivity index (χ2n) is 3.05. The van der Waals surface area contributed by atoms with Gasteiger partial charge in [-0.2, -0.15) is 5.21 Å². The summed E-state index contributed by atoms with van der Waals surface area (Å²) >= 11 is 0. The van der Waals surface area contributed by atoms with Crippen LogP contribution < -0.4 is 0 Å². The third-order valence-electron chi connectivity index (χ3n) is 2.06. The van der Waals surface area contributed by atoms with E-state index in [2.05, 4.69) is 32.5 Å². The van der Waals surface area contributed by atoms with Crippen molar-refractivity contribution in [1.82, 2.24) is 25.6 Å². The lowest BCUT2D eigenvalue weighted by molar-refractivity contribution is 0.881. The van der Waals surface area contributed by atoms with Crippen molar-refractivity contribution in [2.75, 3.05) is 0 Å². The smallest absolute Gasteiger partial charge is 0.223 e. The Morgan fingerprint density at radius 2 is 2.06 bits per heavy atom.